The molecule has 0 aromatic heterocycles. The van der Waals surface area contributed by atoms with Crippen LogP contribution in [0.25, 0.3) is 0 Å². The van der Waals surface area contributed by atoms with Crippen molar-refractivity contribution >= 4 is 28.7 Å². The van der Waals surface area contributed by atoms with E-state index >= 15 is 0 Å². The lowest BCUT2D eigenvalue weighted by molar-refractivity contribution is 0.0697. The number of carboxylic acid groups (broad SMARTS) is 1. The molecular weight excluding hydrogens is 288 g/mol. The lowest BCUT2D eigenvalue weighted by atomic mass is 10.1. The topological polar surface area (TPSA) is 61.4 Å². The van der Waals surface area contributed by atoms with Gasteiger partial charge in [0, 0.05) is 11.4 Å². The Kier molecular flexibility index (Phi) is 4.25. The number of hydrogen-bond acceptors (Lipinski definition) is 3. The molecule has 0 radical (unpaired) electrons. The van der Waals surface area contributed by atoms with E-state index in [0.29, 0.717) is 5.69 Å². The van der Waals surface area contributed by atoms with E-state index in [1.807, 2.05) is 60.7 Å². The molecule has 4 nitrogen and oxygen atoms in total. The third-order valence-corrected chi connectivity index (χ3v) is 3.37. The lowest BCUT2D eigenvalue weighted by Gasteiger charge is -2.15. The van der Waals surface area contributed by atoms with Gasteiger partial charge >= 0.3 is 5.97 Å². The van der Waals surface area contributed by atoms with Crippen LogP contribution in [0.5, 0.6) is 0 Å². The highest BCUT2D eigenvalue weighted by Crippen LogP contribution is 2.29. The Labute approximate surface area is 134 Å². The van der Waals surface area contributed by atoms with E-state index in [4.69, 9.17) is 0 Å². The standard InChI is InChI=1S/C19H16N2O2/c22-19(23)14-11-12-17(20-15-7-3-1-4-8-15)18(13-14)21-16-9-5-2-6-10-16/h1-13,20-21H,(H,22,23). The molecule has 3 N–H and O–H groups in total. The average Bonchev–Trinajstić information content (AvgIpc) is 2.58. The Morgan fingerprint density at radius 1 is 0.696 bits per heavy atom. The summed E-state index contributed by atoms with van der Waals surface area (Å²) in [6, 6.07) is 24.4. The number of hydrogen-bond donors (Lipinski definition) is 3. The molecule has 0 atom stereocenters. The molecule has 0 aliphatic rings. The number of benzene rings is 3. The van der Waals surface area contributed by atoms with Gasteiger partial charge in [-0.05, 0) is 42.5 Å². The summed E-state index contributed by atoms with van der Waals surface area (Å²) >= 11 is 0. The Bertz CT molecular complexity index is 802. The summed E-state index contributed by atoms with van der Waals surface area (Å²) in [4.78, 5) is 11.2. The van der Waals surface area contributed by atoms with Gasteiger partial charge in [0.2, 0.25) is 0 Å². The van der Waals surface area contributed by atoms with Crippen molar-refractivity contribution in [1.29, 1.82) is 0 Å². The fourth-order valence-corrected chi connectivity index (χ4v) is 2.24. The Hall–Kier alpha value is -3.27. The zero-order valence-electron chi connectivity index (χ0n) is 12.4. The van der Waals surface area contributed by atoms with E-state index in [1.165, 1.54) is 0 Å². The minimum Gasteiger partial charge on any atom is -0.478 e. The third-order valence-electron chi connectivity index (χ3n) is 3.37. The van der Waals surface area contributed by atoms with Gasteiger partial charge in [-0.15, -0.1) is 0 Å². The maximum atomic E-state index is 11.2. The molecule has 3 aromatic rings. The van der Waals surface area contributed by atoms with Crippen LogP contribution in [0.4, 0.5) is 22.7 Å². The molecule has 0 saturated carbocycles. The molecule has 0 amide bonds. The van der Waals surface area contributed by atoms with Crippen LogP contribution in [0, 0.1) is 0 Å². The van der Waals surface area contributed by atoms with E-state index in [0.717, 1.165) is 17.1 Å². The van der Waals surface area contributed by atoms with Gasteiger partial charge in [-0.25, -0.2) is 4.79 Å². The quantitative estimate of drug-likeness (QED) is 0.629. The molecule has 23 heavy (non-hydrogen) atoms. The molecule has 0 aliphatic heterocycles. The minimum absolute atomic E-state index is 0.238. The maximum absolute atomic E-state index is 11.2. The van der Waals surface area contributed by atoms with Gasteiger partial charge < -0.3 is 15.7 Å². The number of aromatic carboxylic acids is 1. The third kappa shape index (κ3) is 3.68. The predicted octanol–water partition coefficient (Wildman–Crippen LogP) is 4.87. The Morgan fingerprint density at radius 3 is 1.74 bits per heavy atom. The highest BCUT2D eigenvalue weighted by molar-refractivity contribution is 5.92. The van der Waals surface area contributed by atoms with Crippen LogP contribution in [-0.2, 0) is 0 Å². The number of nitrogens with one attached hydrogen (secondary N) is 2. The van der Waals surface area contributed by atoms with Crippen molar-refractivity contribution in [2.24, 2.45) is 0 Å². The molecule has 0 aliphatic carbocycles. The summed E-state index contributed by atoms with van der Waals surface area (Å²) in [5.74, 6) is -0.952. The van der Waals surface area contributed by atoms with Crippen molar-refractivity contribution in [3.63, 3.8) is 0 Å². The number of para-hydroxylation sites is 2. The van der Waals surface area contributed by atoms with Gasteiger partial charge in [-0.1, -0.05) is 36.4 Å². The number of carbonyl (C=O) groups is 1. The van der Waals surface area contributed by atoms with Crippen molar-refractivity contribution in [2.45, 2.75) is 0 Å². The Morgan fingerprint density at radius 2 is 1.22 bits per heavy atom. The second-order valence-corrected chi connectivity index (χ2v) is 5.05. The van der Waals surface area contributed by atoms with E-state index in [9.17, 15) is 9.90 Å². The van der Waals surface area contributed by atoms with Gasteiger partial charge in [-0.2, -0.15) is 0 Å². The molecule has 0 heterocycles. The minimum atomic E-state index is -0.952. The van der Waals surface area contributed by atoms with E-state index < -0.39 is 5.97 Å². The smallest absolute Gasteiger partial charge is 0.335 e. The summed E-state index contributed by atoms with van der Waals surface area (Å²) in [5, 5.41) is 15.8. The summed E-state index contributed by atoms with van der Waals surface area (Å²) in [5.41, 5.74) is 3.59. The molecule has 4 heteroatoms. The molecule has 0 unspecified atom stereocenters. The van der Waals surface area contributed by atoms with E-state index in [1.54, 1.807) is 18.2 Å². The second kappa shape index (κ2) is 6.66. The van der Waals surface area contributed by atoms with E-state index in [2.05, 4.69) is 10.6 Å². The first-order valence-electron chi connectivity index (χ1n) is 7.24. The van der Waals surface area contributed by atoms with Gasteiger partial charge in [0.15, 0.2) is 0 Å². The van der Waals surface area contributed by atoms with Crippen LogP contribution < -0.4 is 10.6 Å². The van der Waals surface area contributed by atoms with Crippen molar-refractivity contribution in [3.8, 4) is 0 Å². The van der Waals surface area contributed by atoms with Crippen LogP contribution in [0.3, 0.4) is 0 Å². The van der Waals surface area contributed by atoms with Crippen molar-refractivity contribution in [3.05, 3.63) is 84.4 Å². The summed E-state index contributed by atoms with van der Waals surface area (Å²) in [6.07, 6.45) is 0. The number of anilines is 4. The monoisotopic (exact) mass is 304 g/mol. The van der Waals surface area contributed by atoms with Crippen molar-refractivity contribution in [1.82, 2.24) is 0 Å². The van der Waals surface area contributed by atoms with Crippen LogP contribution in [0.2, 0.25) is 0 Å². The number of carboxylic acids is 1. The fraction of sp³-hybridized carbons (Fsp3) is 0. The normalized spacial score (nSPS) is 10.1. The molecule has 0 spiro atoms. The molecular formula is C19H16N2O2. The molecule has 3 aromatic carbocycles. The summed E-state index contributed by atoms with van der Waals surface area (Å²) in [7, 11) is 0. The van der Waals surface area contributed by atoms with Gasteiger partial charge in [0.05, 0.1) is 16.9 Å². The van der Waals surface area contributed by atoms with Crippen LogP contribution in [-0.4, -0.2) is 11.1 Å². The predicted molar refractivity (Wildman–Crippen MR) is 92.9 cm³/mol. The molecule has 0 bridgehead atoms. The molecule has 0 saturated heterocycles. The van der Waals surface area contributed by atoms with Gasteiger partial charge in [0.25, 0.3) is 0 Å². The maximum Gasteiger partial charge on any atom is 0.335 e. The fourth-order valence-electron chi connectivity index (χ4n) is 2.24. The Balaban J connectivity index is 1.95. The first-order chi connectivity index (χ1) is 11.2. The molecule has 3 rings (SSSR count). The van der Waals surface area contributed by atoms with Crippen LogP contribution in [0.1, 0.15) is 10.4 Å². The number of rotatable bonds is 5. The first-order valence-corrected chi connectivity index (χ1v) is 7.24. The van der Waals surface area contributed by atoms with Crippen LogP contribution in [0.15, 0.2) is 78.9 Å². The van der Waals surface area contributed by atoms with Crippen molar-refractivity contribution < 1.29 is 9.90 Å². The highest BCUT2D eigenvalue weighted by atomic mass is 16.4. The summed E-state index contributed by atoms with van der Waals surface area (Å²) < 4.78 is 0. The second-order valence-electron chi connectivity index (χ2n) is 5.05. The van der Waals surface area contributed by atoms with Crippen molar-refractivity contribution in [2.75, 3.05) is 10.6 Å². The molecule has 114 valence electrons. The lowest BCUT2D eigenvalue weighted by Crippen LogP contribution is -2.02. The van der Waals surface area contributed by atoms with Gasteiger partial charge in [-0.3, -0.25) is 0 Å². The van der Waals surface area contributed by atoms with Gasteiger partial charge in [0.1, 0.15) is 0 Å². The van der Waals surface area contributed by atoms with E-state index in [-0.39, 0.29) is 5.56 Å². The molecule has 0 fully saturated rings. The zero-order valence-corrected chi connectivity index (χ0v) is 12.4. The highest BCUT2D eigenvalue weighted by Gasteiger charge is 2.09. The zero-order chi connectivity index (χ0) is 16.1. The SMILES string of the molecule is O=C(O)c1ccc(Nc2ccccc2)c(Nc2ccccc2)c1. The largest absolute Gasteiger partial charge is 0.478 e. The first kappa shape index (κ1) is 14.7. The average molecular weight is 304 g/mol. The summed E-state index contributed by atoms with van der Waals surface area (Å²) in [6.45, 7) is 0. The van der Waals surface area contributed by atoms with Crippen LogP contribution >= 0.6 is 0 Å².